The van der Waals surface area contributed by atoms with Crippen LogP contribution in [-0.2, 0) is 0 Å². The fourth-order valence-electron chi connectivity index (χ4n) is 3.16. The van der Waals surface area contributed by atoms with Gasteiger partial charge in [0, 0.05) is 16.4 Å². The first-order valence-corrected chi connectivity index (χ1v) is 10.1. The lowest BCUT2D eigenvalue weighted by Crippen LogP contribution is -2.23. The van der Waals surface area contributed by atoms with E-state index in [0.29, 0.717) is 20.6 Å². The van der Waals surface area contributed by atoms with Gasteiger partial charge in [0.25, 0.3) is 0 Å². The molecule has 1 heterocycles. The van der Waals surface area contributed by atoms with Gasteiger partial charge in [-0.1, -0.05) is 30.8 Å². The normalized spacial score (nSPS) is 12.1. The summed E-state index contributed by atoms with van der Waals surface area (Å²) in [6, 6.07) is 14.1. The van der Waals surface area contributed by atoms with Crippen LogP contribution >= 0.6 is 45.2 Å². The molecule has 0 saturated carbocycles. The van der Waals surface area contributed by atoms with E-state index in [-0.39, 0.29) is 11.3 Å². The van der Waals surface area contributed by atoms with Crippen molar-refractivity contribution in [1.82, 2.24) is 0 Å². The third kappa shape index (κ3) is 2.91. The molecule has 4 rings (SSSR count). The number of aromatic hydroxyl groups is 1. The molecule has 134 valence electrons. The smallest absolute Gasteiger partial charge is 0.336 e. The van der Waals surface area contributed by atoms with Gasteiger partial charge in [-0.2, -0.15) is 0 Å². The van der Waals surface area contributed by atoms with Crippen molar-refractivity contribution in [3.63, 3.8) is 0 Å². The Morgan fingerprint density at radius 2 is 1.67 bits per heavy atom. The number of hydrogen-bond acceptors (Lipinski definition) is 3. The number of carboxylic acid groups (broad SMARTS) is 1. The molecule has 0 saturated heterocycles. The number of carboxylic acids is 1. The molecular weight excluding hydrogens is 570 g/mol. The Morgan fingerprint density at radius 3 is 2.41 bits per heavy atom. The zero-order chi connectivity index (χ0) is 19.3. The summed E-state index contributed by atoms with van der Waals surface area (Å²) in [7, 11) is 0. The first-order valence-electron chi connectivity index (χ1n) is 7.94. The number of halogens is 2. The summed E-state index contributed by atoms with van der Waals surface area (Å²) in [6.45, 7) is 4.03. The maximum atomic E-state index is 11.8. The molecule has 1 aliphatic heterocycles. The molecule has 1 aliphatic rings. The zero-order valence-electron chi connectivity index (χ0n) is 13.8. The lowest BCUT2D eigenvalue weighted by Gasteiger charge is -2.24. The summed E-state index contributed by atoms with van der Waals surface area (Å²) in [5.41, 5.74) is 2.32. The Morgan fingerprint density at radius 1 is 0.926 bits per heavy atom. The molecule has 2 N–H and O–H groups in total. The van der Waals surface area contributed by atoms with E-state index in [2.05, 4.69) is 29.2 Å². The van der Waals surface area contributed by atoms with Crippen LogP contribution in [0.25, 0.3) is 12.2 Å². The largest absolute Gasteiger partial charge is 0.507 e. The Labute approximate surface area is 182 Å². The summed E-state index contributed by atoms with van der Waals surface area (Å²) >= 11 is 4.21. The molecule has 3 aromatic carbocycles. The maximum Gasteiger partial charge on any atom is 0.336 e. The zero-order valence-corrected chi connectivity index (χ0v) is 18.1. The van der Waals surface area contributed by atoms with Gasteiger partial charge in [0.05, 0.1) is 12.7 Å². The van der Waals surface area contributed by atoms with Crippen molar-refractivity contribution in [1.29, 1.82) is 0 Å². The lowest BCUT2D eigenvalue weighted by molar-refractivity contribution is 0.0696. The topological polar surface area (TPSA) is 66.8 Å². The quantitative estimate of drug-likeness (QED) is 0.351. The van der Waals surface area contributed by atoms with Crippen molar-refractivity contribution in [2.45, 2.75) is 0 Å². The number of aromatic carboxylic acids is 1. The van der Waals surface area contributed by atoms with Crippen LogP contribution in [0.2, 0.25) is 0 Å². The summed E-state index contributed by atoms with van der Waals surface area (Å²) in [6.07, 6.45) is 0. The molecule has 0 fully saturated rings. The molecule has 6 heteroatoms. The number of phenols is 1. The van der Waals surface area contributed by atoms with Crippen molar-refractivity contribution in [2.75, 3.05) is 0 Å². The first-order chi connectivity index (χ1) is 12.9. The van der Waals surface area contributed by atoms with E-state index in [1.165, 1.54) is 0 Å². The fourth-order valence-corrected chi connectivity index (χ4v) is 4.32. The second-order valence-corrected chi connectivity index (χ2v) is 8.18. The van der Waals surface area contributed by atoms with Crippen molar-refractivity contribution in [2.24, 2.45) is 0 Å². The minimum atomic E-state index is -0.996. The van der Waals surface area contributed by atoms with Gasteiger partial charge in [-0.15, -0.1) is 0 Å². The second-order valence-electron chi connectivity index (χ2n) is 6.02. The van der Waals surface area contributed by atoms with Gasteiger partial charge < -0.3 is 14.9 Å². The highest BCUT2D eigenvalue weighted by atomic mass is 127. The van der Waals surface area contributed by atoms with E-state index >= 15 is 0 Å². The second kappa shape index (κ2) is 6.83. The molecule has 0 radical (unpaired) electrons. The van der Waals surface area contributed by atoms with E-state index < -0.39 is 5.97 Å². The third-order valence-corrected chi connectivity index (χ3v) is 6.65. The molecule has 0 unspecified atom stereocenters. The van der Waals surface area contributed by atoms with E-state index in [4.69, 9.17) is 4.74 Å². The van der Waals surface area contributed by atoms with Crippen LogP contribution in [0.3, 0.4) is 0 Å². The monoisotopic (exact) mass is 582 g/mol. The molecule has 3 aromatic rings. The summed E-state index contributed by atoms with van der Waals surface area (Å²) in [5, 5.41) is 21.5. The SMILES string of the molecule is C=c1ccc2c(c1I)Oc1c(ccc(O)c1I)C=2c1ccccc1C(=O)O. The van der Waals surface area contributed by atoms with Gasteiger partial charge in [-0.25, -0.2) is 4.79 Å². The molecule has 0 bridgehead atoms. The molecular formula is C21H12I2O4. The number of phenolic OH excluding ortho intramolecular Hbond substituents is 1. The number of carbonyl (C=O) groups is 1. The van der Waals surface area contributed by atoms with Crippen molar-refractivity contribution in [3.8, 4) is 17.2 Å². The Balaban J connectivity index is 2.22. The van der Waals surface area contributed by atoms with Crippen LogP contribution in [0.4, 0.5) is 0 Å². The number of ether oxygens (including phenoxy) is 1. The van der Waals surface area contributed by atoms with Gasteiger partial charge >= 0.3 is 5.97 Å². The molecule has 4 nitrogen and oxygen atoms in total. The van der Waals surface area contributed by atoms with E-state index in [9.17, 15) is 15.0 Å². The Bertz CT molecular complexity index is 1230. The Hall–Kier alpha value is -2.07. The molecule has 27 heavy (non-hydrogen) atoms. The van der Waals surface area contributed by atoms with Crippen LogP contribution in [0, 0.1) is 7.14 Å². The summed E-state index contributed by atoms with van der Waals surface area (Å²) < 4.78 is 7.59. The van der Waals surface area contributed by atoms with Gasteiger partial charge in [0.15, 0.2) is 5.75 Å². The predicted molar refractivity (Wildman–Crippen MR) is 120 cm³/mol. The summed E-state index contributed by atoms with van der Waals surface area (Å²) in [5.74, 6) is 0.255. The van der Waals surface area contributed by atoms with Gasteiger partial charge in [0.1, 0.15) is 11.5 Å². The van der Waals surface area contributed by atoms with Gasteiger partial charge in [-0.05, 0) is 80.2 Å². The van der Waals surface area contributed by atoms with Crippen LogP contribution < -0.4 is 15.2 Å². The highest BCUT2D eigenvalue weighted by Crippen LogP contribution is 2.43. The molecule has 0 amide bonds. The molecule has 0 spiro atoms. The fraction of sp³-hybridized carbons (Fsp3) is 0. The number of rotatable bonds is 2. The minimum absolute atomic E-state index is 0.115. The molecule has 0 aromatic heterocycles. The van der Waals surface area contributed by atoms with Crippen molar-refractivity contribution in [3.05, 3.63) is 82.8 Å². The number of hydrogen-bond donors (Lipinski definition) is 2. The van der Waals surface area contributed by atoms with Gasteiger partial charge in [-0.3, -0.25) is 0 Å². The van der Waals surface area contributed by atoms with Crippen molar-refractivity contribution >= 4 is 63.3 Å². The average molecular weight is 582 g/mol. The lowest BCUT2D eigenvalue weighted by atomic mass is 9.89. The highest BCUT2D eigenvalue weighted by Gasteiger charge is 2.27. The van der Waals surface area contributed by atoms with Gasteiger partial charge in [0.2, 0.25) is 0 Å². The standard InChI is InChI=1S/C21H12I2O4/c1-10-6-7-13-16(11-4-2-3-5-12(11)21(25)26)14-8-9-15(24)18(23)20(14)27-19(13)17(10)22/h2-9,24H,1H2,(H,25,26). The highest BCUT2D eigenvalue weighted by molar-refractivity contribution is 14.1. The summed E-state index contributed by atoms with van der Waals surface area (Å²) in [4.78, 5) is 11.8. The maximum absolute atomic E-state index is 11.8. The van der Waals surface area contributed by atoms with Crippen LogP contribution in [0.1, 0.15) is 21.5 Å². The molecule has 0 aliphatic carbocycles. The van der Waals surface area contributed by atoms with Crippen LogP contribution in [0.5, 0.6) is 17.2 Å². The predicted octanol–water partition coefficient (Wildman–Crippen LogP) is 4.06. The third-order valence-electron chi connectivity index (χ3n) is 4.42. The van der Waals surface area contributed by atoms with E-state index in [1.807, 2.05) is 40.8 Å². The first kappa shape index (κ1) is 18.3. The average Bonchev–Trinajstić information content (AvgIpc) is 2.66. The molecule has 0 atom stereocenters. The van der Waals surface area contributed by atoms with E-state index in [1.54, 1.807) is 30.3 Å². The van der Waals surface area contributed by atoms with E-state index in [0.717, 1.165) is 25.1 Å². The number of benzene rings is 3. The van der Waals surface area contributed by atoms with Crippen molar-refractivity contribution < 1.29 is 19.7 Å². The minimum Gasteiger partial charge on any atom is -0.507 e. The van der Waals surface area contributed by atoms with Crippen LogP contribution in [-0.4, -0.2) is 16.2 Å². The number of fused-ring (bicyclic) bond motifs is 2. The van der Waals surface area contributed by atoms with Crippen LogP contribution in [0.15, 0.2) is 48.5 Å². The Kier molecular flexibility index (Phi) is 4.63.